The third kappa shape index (κ3) is 3.73. The van der Waals surface area contributed by atoms with Gasteiger partial charge in [0.05, 0.1) is 23.9 Å². The zero-order chi connectivity index (χ0) is 15.2. The molecular formula is C15H13ClN2O3. The Hall–Kier alpha value is -2.53. The van der Waals surface area contributed by atoms with E-state index in [9.17, 15) is 9.90 Å². The lowest BCUT2D eigenvalue weighted by Gasteiger charge is -2.03. The smallest absolute Gasteiger partial charge is 0.272 e. The van der Waals surface area contributed by atoms with Crippen LogP contribution in [0.25, 0.3) is 0 Å². The van der Waals surface area contributed by atoms with Crippen LogP contribution < -0.4 is 10.2 Å². The van der Waals surface area contributed by atoms with Gasteiger partial charge in [0.2, 0.25) is 0 Å². The minimum Gasteiger partial charge on any atom is -0.504 e. The van der Waals surface area contributed by atoms with Crippen molar-refractivity contribution in [2.45, 2.75) is 0 Å². The summed E-state index contributed by atoms with van der Waals surface area (Å²) in [7, 11) is 1.46. The van der Waals surface area contributed by atoms with E-state index in [0.717, 1.165) is 0 Å². The molecule has 0 heterocycles. The lowest BCUT2D eigenvalue weighted by atomic mass is 10.2. The highest BCUT2D eigenvalue weighted by Crippen LogP contribution is 2.25. The number of hydrazone groups is 1. The van der Waals surface area contributed by atoms with Gasteiger partial charge in [-0.05, 0) is 35.9 Å². The molecule has 0 bridgehead atoms. The summed E-state index contributed by atoms with van der Waals surface area (Å²) >= 11 is 5.91. The number of carbonyl (C=O) groups is 1. The number of halogens is 1. The van der Waals surface area contributed by atoms with Crippen LogP contribution in [0, 0.1) is 0 Å². The van der Waals surface area contributed by atoms with E-state index in [2.05, 4.69) is 10.5 Å². The molecule has 0 spiro atoms. The molecule has 6 heteroatoms. The quantitative estimate of drug-likeness (QED) is 0.674. The predicted molar refractivity (Wildman–Crippen MR) is 81.2 cm³/mol. The number of hydrogen-bond acceptors (Lipinski definition) is 4. The summed E-state index contributed by atoms with van der Waals surface area (Å²) in [6, 6.07) is 11.5. The van der Waals surface area contributed by atoms with E-state index < -0.39 is 5.91 Å². The van der Waals surface area contributed by atoms with Crippen molar-refractivity contribution in [2.75, 3.05) is 7.11 Å². The molecule has 0 aliphatic carbocycles. The molecule has 5 nitrogen and oxygen atoms in total. The lowest BCUT2D eigenvalue weighted by Crippen LogP contribution is -2.17. The van der Waals surface area contributed by atoms with Crippen LogP contribution in [0.15, 0.2) is 47.6 Å². The topological polar surface area (TPSA) is 70.9 Å². The molecule has 0 radical (unpaired) electrons. The summed E-state index contributed by atoms with van der Waals surface area (Å²) in [5, 5.41) is 13.8. The highest BCUT2D eigenvalue weighted by molar-refractivity contribution is 6.33. The molecule has 21 heavy (non-hydrogen) atoms. The Kier molecular flexibility index (Phi) is 4.79. The van der Waals surface area contributed by atoms with Gasteiger partial charge in [0.15, 0.2) is 11.5 Å². The lowest BCUT2D eigenvalue weighted by molar-refractivity contribution is 0.0955. The van der Waals surface area contributed by atoms with E-state index >= 15 is 0 Å². The number of hydrogen-bond donors (Lipinski definition) is 2. The Labute approximate surface area is 126 Å². The molecule has 108 valence electrons. The molecule has 2 aromatic rings. The fourth-order valence-corrected chi connectivity index (χ4v) is 1.88. The number of phenols is 1. The van der Waals surface area contributed by atoms with E-state index in [-0.39, 0.29) is 5.75 Å². The van der Waals surface area contributed by atoms with Crippen molar-refractivity contribution < 1.29 is 14.6 Å². The largest absolute Gasteiger partial charge is 0.504 e. The number of benzene rings is 2. The van der Waals surface area contributed by atoms with Crippen LogP contribution >= 0.6 is 11.6 Å². The molecular weight excluding hydrogens is 292 g/mol. The van der Waals surface area contributed by atoms with Crippen LogP contribution in [-0.4, -0.2) is 24.3 Å². The minimum atomic E-state index is -0.408. The van der Waals surface area contributed by atoms with Gasteiger partial charge in [0.25, 0.3) is 5.91 Å². The number of amides is 1. The van der Waals surface area contributed by atoms with Gasteiger partial charge in [-0.3, -0.25) is 4.79 Å². The van der Waals surface area contributed by atoms with Crippen LogP contribution in [0.4, 0.5) is 0 Å². The summed E-state index contributed by atoms with van der Waals surface area (Å²) in [6.07, 6.45) is 1.41. The molecule has 0 aliphatic heterocycles. The minimum absolute atomic E-state index is 0.00104. The zero-order valence-corrected chi connectivity index (χ0v) is 12.0. The molecule has 0 fully saturated rings. The second kappa shape index (κ2) is 6.76. The first kappa shape index (κ1) is 14.9. The van der Waals surface area contributed by atoms with E-state index in [0.29, 0.717) is 21.9 Å². The number of nitrogens with zero attached hydrogens (tertiary/aromatic N) is 1. The van der Waals surface area contributed by atoms with Gasteiger partial charge in [-0.25, -0.2) is 5.43 Å². The maximum atomic E-state index is 11.8. The number of aromatic hydroxyl groups is 1. The van der Waals surface area contributed by atoms with Gasteiger partial charge in [-0.1, -0.05) is 23.7 Å². The Morgan fingerprint density at radius 3 is 2.76 bits per heavy atom. The number of nitrogens with one attached hydrogen (secondary N) is 1. The van der Waals surface area contributed by atoms with Crippen molar-refractivity contribution in [3.05, 3.63) is 58.6 Å². The normalized spacial score (nSPS) is 10.6. The van der Waals surface area contributed by atoms with E-state index in [1.807, 2.05) is 0 Å². The van der Waals surface area contributed by atoms with Crippen LogP contribution in [0.3, 0.4) is 0 Å². The van der Waals surface area contributed by atoms with Gasteiger partial charge < -0.3 is 9.84 Å². The molecule has 1 amide bonds. The number of methoxy groups -OCH3 is 1. The van der Waals surface area contributed by atoms with Crippen molar-refractivity contribution in [3.8, 4) is 11.5 Å². The van der Waals surface area contributed by atoms with Crippen molar-refractivity contribution in [2.24, 2.45) is 5.10 Å². The fraction of sp³-hybridized carbons (Fsp3) is 0.0667. The monoisotopic (exact) mass is 304 g/mol. The van der Waals surface area contributed by atoms with Gasteiger partial charge in [0.1, 0.15) is 0 Å². The van der Waals surface area contributed by atoms with Crippen LogP contribution in [0.1, 0.15) is 15.9 Å². The maximum Gasteiger partial charge on any atom is 0.272 e. The molecule has 0 saturated carbocycles. The first-order valence-electron chi connectivity index (χ1n) is 6.06. The Morgan fingerprint density at radius 1 is 1.33 bits per heavy atom. The van der Waals surface area contributed by atoms with E-state index in [1.165, 1.54) is 19.4 Å². The number of carbonyl (C=O) groups excluding carboxylic acids is 1. The van der Waals surface area contributed by atoms with E-state index in [4.69, 9.17) is 16.3 Å². The Balaban J connectivity index is 2.04. The van der Waals surface area contributed by atoms with Gasteiger partial charge in [-0.15, -0.1) is 0 Å². The first-order valence-corrected chi connectivity index (χ1v) is 6.44. The average molecular weight is 305 g/mol. The molecule has 0 aromatic heterocycles. The zero-order valence-electron chi connectivity index (χ0n) is 11.2. The van der Waals surface area contributed by atoms with Gasteiger partial charge >= 0.3 is 0 Å². The van der Waals surface area contributed by atoms with Crippen molar-refractivity contribution in [1.82, 2.24) is 5.43 Å². The molecule has 2 aromatic carbocycles. The number of rotatable bonds is 4. The highest BCUT2D eigenvalue weighted by Gasteiger charge is 2.07. The second-order valence-electron chi connectivity index (χ2n) is 4.11. The highest BCUT2D eigenvalue weighted by atomic mass is 35.5. The molecule has 0 unspecified atom stereocenters. The molecule has 0 atom stereocenters. The fourth-order valence-electron chi connectivity index (χ4n) is 1.66. The Bertz CT molecular complexity index is 686. The number of ether oxygens (including phenoxy) is 1. The molecule has 0 saturated heterocycles. The predicted octanol–water partition coefficient (Wildman–Crippen LogP) is 2.82. The molecule has 2 rings (SSSR count). The third-order valence-corrected chi connectivity index (χ3v) is 3.03. The SMILES string of the molecule is COc1ccc(/C=N\NC(=O)c2ccccc2Cl)cc1O. The molecule has 2 N–H and O–H groups in total. The summed E-state index contributed by atoms with van der Waals surface area (Å²) < 4.78 is 4.93. The standard InChI is InChI=1S/C15H13ClN2O3/c1-21-14-7-6-10(8-13(14)19)9-17-18-15(20)11-4-2-3-5-12(11)16/h2-9,19H,1H3,(H,18,20)/b17-9-. The third-order valence-electron chi connectivity index (χ3n) is 2.70. The van der Waals surface area contributed by atoms with Crippen LogP contribution in [-0.2, 0) is 0 Å². The summed E-state index contributed by atoms with van der Waals surface area (Å²) in [5.74, 6) is -0.0410. The van der Waals surface area contributed by atoms with Gasteiger partial charge in [0, 0.05) is 0 Å². The number of phenolic OH excluding ortho intramolecular Hbond substituents is 1. The van der Waals surface area contributed by atoms with Crippen LogP contribution in [0.5, 0.6) is 11.5 Å². The Morgan fingerprint density at radius 2 is 2.10 bits per heavy atom. The van der Waals surface area contributed by atoms with Crippen molar-refractivity contribution in [1.29, 1.82) is 0 Å². The summed E-state index contributed by atoms with van der Waals surface area (Å²) in [6.45, 7) is 0. The summed E-state index contributed by atoms with van der Waals surface area (Å²) in [5.41, 5.74) is 3.33. The average Bonchev–Trinajstić information content (AvgIpc) is 2.48. The van der Waals surface area contributed by atoms with E-state index in [1.54, 1.807) is 36.4 Å². The second-order valence-corrected chi connectivity index (χ2v) is 4.52. The summed E-state index contributed by atoms with van der Waals surface area (Å²) in [4.78, 5) is 11.8. The van der Waals surface area contributed by atoms with Crippen molar-refractivity contribution in [3.63, 3.8) is 0 Å². The maximum absolute atomic E-state index is 11.8. The first-order chi connectivity index (χ1) is 10.1. The van der Waals surface area contributed by atoms with Crippen molar-refractivity contribution >= 4 is 23.7 Å². The van der Waals surface area contributed by atoms with Gasteiger partial charge in [-0.2, -0.15) is 5.10 Å². The van der Waals surface area contributed by atoms with Crippen LogP contribution in [0.2, 0.25) is 5.02 Å². The molecule has 0 aliphatic rings.